The van der Waals surface area contributed by atoms with Crippen LogP contribution in [-0.2, 0) is 24.3 Å². The van der Waals surface area contributed by atoms with Crippen LogP contribution in [0.5, 0.6) is 0 Å². The highest BCUT2D eigenvalue weighted by Gasteiger charge is 2.49. The van der Waals surface area contributed by atoms with Gasteiger partial charge < -0.3 is 10.2 Å². The number of rotatable bonds is 7. The molecule has 16 heteroatoms. The molecule has 0 aliphatic carbocycles. The first-order chi connectivity index (χ1) is 13.8. The smallest absolute Gasteiger partial charge is 0.309 e. The zero-order valence-corrected chi connectivity index (χ0v) is 15.9. The monoisotopic (exact) mass is 432 g/mol. The predicted octanol–water partition coefficient (Wildman–Crippen LogP) is -2.37. The van der Waals surface area contributed by atoms with Crippen LogP contribution in [0.25, 0.3) is 0 Å². The molecular formula is C13H20N8O7S. The first kappa shape index (κ1) is 19.9. The highest BCUT2D eigenvalue weighted by atomic mass is 32.3. The maximum Gasteiger partial charge on any atom is 0.418 e. The number of piperidine rings is 1. The average Bonchev–Trinajstić information content (AvgIpc) is 3.39. The van der Waals surface area contributed by atoms with Gasteiger partial charge in [-0.15, -0.1) is 9.38 Å². The number of nitrogens with one attached hydrogen (secondary N) is 2. The molecule has 0 spiro atoms. The van der Waals surface area contributed by atoms with Gasteiger partial charge in [-0.2, -0.15) is 13.5 Å². The molecule has 3 aliphatic heterocycles. The number of aromatic nitrogens is 4. The molecule has 3 amide bonds. The van der Waals surface area contributed by atoms with E-state index in [2.05, 4.69) is 30.6 Å². The number of hydrogen-bond donors (Lipinski definition) is 3. The van der Waals surface area contributed by atoms with Crippen molar-refractivity contribution < 1.29 is 31.7 Å². The summed E-state index contributed by atoms with van der Waals surface area (Å²) in [6.07, 6.45) is 2.90. The van der Waals surface area contributed by atoms with E-state index in [1.54, 1.807) is 4.68 Å². The Bertz CT molecular complexity index is 865. The quantitative estimate of drug-likeness (QED) is 0.309. The number of carbonyl (C=O) groups is 2. The number of nitrogens with zero attached hydrogens (tertiary/aromatic N) is 6. The maximum atomic E-state index is 12.4. The van der Waals surface area contributed by atoms with Gasteiger partial charge in [0.1, 0.15) is 12.4 Å². The fraction of sp³-hybridized carbons (Fsp3) is 0.769. The van der Waals surface area contributed by atoms with Gasteiger partial charge in [0.2, 0.25) is 0 Å². The van der Waals surface area contributed by atoms with Gasteiger partial charge in [0, 0.05) is 19.1 Å². The third kappa shape index (κ3) is 4.30. The standard InChI is InChI=1S/C13H20N8O7S/c22-12(16-27-6-8-3-10(4-14-8)20-7-15-17-18-20)11-2-1-9-5-19(11)13(23)21(9)28-29(24,25)26/h7-11,14H,1-6H2,(H,16,22)(H,24,25,26)/t8-,9?,10-,11?/m1/s1. The molecule has 3 saturated heterocycles. The second kappa shape index (κ2) is 7.79. The van der Waals surface area contributed by atoms with Crippen LogP contribution in [0.1, 0.15) is 25.3 Å². The van der Waals surface area contributed by atoms with E-state index in [4.69, 9.17) is 9.39 Å². The fourth-order valence-corrected chi connectivity index (χ4v) is 4.24. The van der Waals surface area contributed by atoms with Gasteiger partial charge in [0.05, 0.1) is 18.7 Å². The number of amides is 3. The van der Waals surface area contributed by atoms with Gasteiger partial charge in [0.25, 0.3) is 5.91 Å². The molecule has 3 N–H and O–H groups in total. The molecule has 3 aliphatic rings. The minimum atomic E-state index is -4.83. The fourth-order valence-electron chi connectivity index (χ4n) is 3.85. The Morgan fingerprint density at radius 1 is 1.38 bits per heavy atom. The molecule has 4 heterocycles. The van der Waals surface area contributed by atoms with E-state index in [0.717, 1.165) is 6.42 Å². The molecule has 0 saturated carbocycles. The van der Waals surface area contributed by atoms with Crippen molar-refractivity contribution in [2.75, 3.05) is 19.7 Å². The van der Waals surface area contributed by atoms with Crippen molar-refractivity contribution in [2.24, 2.45) is 0 Å². The summed E-state index contributed by atoms with van der Waals surface area (Å²) < 4.78 is 36.6. The summed E-state index contributed by atoms with van der Waals surface area (Å²) >= 11 is 0. The van der Waals surface area contributed by atoms with E-state index in [0.29, 0.717) is 24.4 Å². The largest absolute Gasteiger partial charge is 0.418 e. The molecule has 2 bridgehead atoms. The van der Waals surface area contributed by atoms with E-state index in [9.17, 15) is 18.0 Å². The van der Waals surface area contributed by atoms with Gasteiger partial charge in [-0.25, -0.2) is 15.0 Å². The SMILES string of the molecule is O=C(NOC[C@H]1C[C@@H](n2cnnn2)CN1)C1CCC2CN1C(=O)N2OS(=O)(=O)O. The number of fused-ring (bicyclic) bond motifs is 2. The summed E-state index contributed by atoms with van der Waals surface area (Å²) in [5, 5.41) is 14.9. The molecule has 4 atom stereocenters. The predicted molar refractivity (Wildman–Crippen MR) is 90.7 cm³/mol. The van der Waals surface area contributed by atoms with Crippen molar-refractivity contribution in [3.8, 4) is 0 Å². The normalized spacial score (nSPS) is 29.5. The van der Waals surface area contributed by atoms with Crippen molar-refractivity contribution in [2.45, 2.75) is 43.4 Å². The van der Waals surface area contributed by atoms with E-state index < -0.39 is 34.4 Å². The second-order valence-corrected chi connectivity index (χ2v) is 8.08. The van der Waals surface area contributed by atoms with Crippen LogP contribution in [0.15, 0.2) is 6.33 Å². The lowest BCUT2D eigenvalue weighted by Gasteiger charge is -2.29. The molecular weight excluding hydrogens is 412 g/mol. The van der Waals surface area contributed by atoms with Gasteiger partial charge >= 0.3 is 16.4 Å². The summed E-state index contributed by atoms with van der Waals surface area (Å²) in [6, 6.07) is -2.08. The molecule has 160 valence electrons. The lowest BCUT2D eigenvalue weighted by molar-refractivity contribution is -0.139. The van der Waals surface area contributed by atoms with Crippen LogP contribution in [0.3, 0.4) is 0 Å². The van der Waals surface area contributed by atoms with Crippen LogP contribution in [0.4, 0.5) is 4.79 Å². The summed E-state index contributed by atoms with van der Waals surface area (Å²) in [5.74, 6) is -0.513. The van der Waals surface area contributed by atoms with Gasteiger partial charge in [-0.3, -0.25) is 14.2 Å². The average molecular weight is 432 g/mol. The Hall–Kier alpha value is -2.40. The van der Waals surface area contributed by atoms with Crippen molar-refractivity contribution in [1.82, 2.24) is 41.0 Å². The van der Waals surface area contributed by atoms with Crippen LogP contribution in [0.2, 0.25) is 0 Å². The third-order valence-electron chi connectivity index (χ3n) is 5.20. The van der Waals surface area contributed by atoms with Crippen molar-refractivity contribution >= 4 is 22.3 Å². The van der Waals surface area contributed by atoms with Crippen molar-refractivity contribution in [1.29, 1.82) is 0 Å². The second-order valence-electron chi connectivity index (χ2n) is 7.07. The van der Waals surface area contributed by atoms with E-state index in [1.807, 2.05) is 0 Å². The van der Waals surface area contributed by atoms with E-state index in [1.165, 1.54) is 11.2 Å². The Morgan fingerprint density at radius 3 is 2.93 bits per heavy atom. The zero-order valence-electron chi connectivity index (χ0n) is 15.1. The van der Waals surface area contributed by atoms with Crippen molar-refractivity contribution in [3.05, 3.63) is 6.33 Å². The van der Waals surface area contributed by atoms with Gasteiger partial charge in [-0.05, 0) is 29.7 Å². The molecule has 15 nitrogen and oxygen atoms in total. The first-order valence-corrected chi connectivity index (χ1v) is 10.3. The molecule has 2 unspecified atom stereocenters. The van der Waals surface area contributed by atoms with Gasteiger partial charge in [-0.1, -0.05) is 0 Å². The van der Waals surface area contributed by atoms with Crippen LogP contribution in [-0.4, -0.2) is 92.9 Å². The Balaban J connectivity index is 1.25. The summed E-state index contributed by atoms with van der Waals surface area (Å²) in [5.41, 5.74) is 2.35. The molecule has 4 rings (SSSR count). The topological polar surface area (TPSA) is 181 Å². The number of hydroxylamine groups is 3. The third-order valence-corrected chi connectivity index (χ3v) is 5.54. The summed E-state index contributed by atoms with van der Waals surface area (Å²) in [7, 11) is -4.83. The maximum absolute atomic E-state index is 12.4. The summed E-state index contributed by atoms with van der Waals surface area (Å²) in [4.78, 5) is 31.3. The Morgan fingerprint density at radius 2 is 2.21 bits per heavy atom. The number of carbonyl (C=O) groups excluding carboxylic acids is 2. The minimum absolute atomic E-state index is 0.00712. The van der Waals surface area contributed by atoms with Crippen molar-refractivity contribution in [3.63, 3.8) is 0 Å². The first-order valence-electron chi connectivity index (χ1n) is 8.96. The zero-order chi connectivity index (χ0) is 20.6. The van der Waals surface area contributed by atoms with Crippen LogP contribution in [0, 0.1) is 0 Å². The van der Waals surface area contributed by atoms with E-state index >= 15 is 0 Å². The molecule has 29 heavy (non-hydrogen) atoms. The van der Waals surface area contributed by atoms with Crippen LogP contribution < -0.4 is 10.8 Å². The lowest BCUT2D eigenvalue weighted by Crippen LogP contribution is -2.50. The Kier molecular flexibility index (Phi) is 5.34. The van der Waals surface area contributed by atoms with Crippen LogP contribution >= 0.6 is 0 Å². The molecule has 1 aromatic heterocycles. The number of tetrazole rings is 1. The van der Waals surface area contributed by atoms with Gasteiger partial charge in [0.15, 0.2) is 0 Å². The Labute approximate surface area is 165 Å². The lowest BCUT2D eigenvalue weighted by atomic mass is 10.0. The highest BCUT2D eigenvalue weighted by molar-refractivity contribution is 7.80. The summed E-state index contributed by atoms with van der Waals surface area (Å²) in [6.45, 7) is 0.999. The number of hydrogen-bond acceptors (Lipinski definition) is 10. The van der Waals surface area contributed by atoms with E-state index in [-0.39, 0.29) is 25.2 Å². The molecule has 0 radical (unpaired) electrons. The minimum Gasteiger partial charge on any atom is -0.309 e. The molecule has 1 aromatic rings. The number of urea groups is 1. The highest BCUT2D eigenvalue weighted by Crippen LogP contribution is 2.30. The molecule has 3 fully saturated rings. The molecule has 0 aromatic carbocycles.